The Labute approximate surface area is 97.1 Å². The zero-order chi connectivity index (χ0) is 11.5. The van der Waals surface area contributed by atoms with Crippen molar-refractivity contribution in [2.75, 3.05) is 7.05 Å². The summed E-state index contributed by atoms with van der Waals surface area (Å²) >= 11 is 5.61. The molecule has 0 aliphatic rings. The van der Waals surface area contributed by atoms with Gasteiger partial charge in [0.05, 0.1) is 17.3 Å². The van der Waals surface area contributed by atoms with Crippen LogP contribution in [0.5, 0.6) is 0 Å². The maximum Gasteiger partial charge on any atom is 0.146 e. The van der Waals surface area contributed by atoms with Crippen LogP contribution >= 0.6 is 11.6 Å². The van der Waals surface area contributed by atoms with Crippen molar-refractivity contribution in [3.05, 3.63) is 41.2 Å². The molecule has 0 amide bonds. The molecule has 0 aliphatic heterocycles. The lowest BCUT2D eigenvalue weighted by Gasteiger charge is -2.05. The first-order chi connectivity index (χ1) is 7.72. The van der Waals surface area contributed by atoms with Crippen molar-refractivity contribution in [3.8, 4) is 5.69 Å². The van der Waals surface area contributed by atoms with Crippen LogP contribution in [0.15, 0.2) is 24.5 Å². The summed E-state index contributed by atoms with van der Waals surface area (Å²) in [5.74, 6) is 0.245. The normalized spacial score (nSPS) is 10.7. The van der Waals surface area contributed by atoms with Crippen molar-refractivity contribution in [1.82, 2.24) is 20.1 Å². The van der Waals surface area contributed by atoms with Gasteiger partial charge in [0.15, 0.2) is 0 Å². The highest BCUT2D eigenvalue weighted by Crippen LogP contribution is 2.18. The number of halogens is 2. The Morgan fingerprint density at radius 1 is 1.50 bits per heavy atom. The molecule has 0 saturated heterocycles. The van der Waals surface area contributed by atoms with E-state index in [1.54, 1.807) is 10.7 Å². The molecule has 0 radical (unpaired) electrons. The predicted molar refractivity (Wildman–Crippen MR) is 59.1 cm³/mol. The van der Waals surface area contributed by atoms with Gasteiger partial charge in [0, 0.05) is 6.07 Å². The second-order valence-corrected chi connectivity index (χ2v) is 3.62. The van der Waals surface area contributed by atoms with E-state index in [9.17, 15) is 4.39 Å². The summed E-state index contributed by atoms with van der Waals surface area (Å²) in [5.41, 5.74) is 0.602. The maximum atomic E-state index is 13.3. The van der Waals surface area contributed by atoms with Crippen molar-refractivity contribution in [3.63, 3.8) is 0 Å². The van der Waals surface area contributed by atoms with E-state index in [2.05, 4.69) is 15.4 Å². The molecule has 4 nitrogen and oxygen atoms in total. The standard InChI is InChI=1S/C10H10ClFN4/c1-13-5-10-14-6-15-16(10)7-2-3-8(11)9(12)4-7/h2-4,6,13H,5H2,1H3. The van der Waals surface area contributed by atoms with Gasteiger partial charge in [-0.05, 0) is 19.2 Å². The zero-order valence-corrected chi connectivity index (χ0v) is 9.37. The molecule has 0 saturated carbocycles. The number of benzene rings is 1. The summed E-state index contributed by atoms with van der Waals surface area (Å²) in [7, 11) is 1.81. The summed E-state index contributed by atoms with van der Waals surface area (Å²) in [6, 6.07) is 4.52. The molecule has 0 fully saturated rings. The first-order valence-corrected chi connectivity index (χ1v) is 5.09. The minimum Gasteiger partial charge on any atom is -0.313 e. The van der Waals surface area contributed by atoms with Gasteiger partial charge in [0.2, 0.25) is 0 Å². The van der Waals surface area contributed by atoms with Gasteiger partial charge in [-0.3, -0.25) is 0 Å². The van der Waals surface area contributed by atoms with Crippen LogP contribution in [0.25, 0.3) is 5.69 Å². The highest BCUT2D eigenvalue weighted by Gasteiger charge is 2.07. The second-order valence-electron chi connectivity index (χ2n) is 3.22. The summed E-state index contributed by atoms with van der Waals surface area (Å²) in [6.45, 7) is 0.560. The molecule has 2 rings (SSSR count). The minimum atomic E-state index is -0.468. The van der Waals surface area contributed by atoms with Crippen LogP contribution in [0.4, 0.5) is 4.39 Å². The predicted octanol–water partition coefficient (Wildman–Crippen LogP) is 1.78. The molecule has 1 aromatic carbocycles. The van der Waals surface area contributed by atoms with Crippen LogP contribution in [0.2, 0.25) is 5.02 Å². The number of rotatable bonds is 3. The Balaban J connectivity index is 2.42. The van der Waals surface area contributed by atoms with Gasteiger partial charge in [-0.15, -0.1) is 0 Å². The second kappa shape index (κ2) is 4.59. The number of aromatic nitrogens is 3. The molecule has 0 atom stereocenters. The molecule has 1 aromatic heterocycles. The van der Waals surface area contributed by atoms with Crippen LogP contribution in [-0.4, -0.2) is 21.8 Å². The number of nitrogens with zero attached hydrogens (tertiary/aromatic N) is 3. The van der Waals surface area contributed by atoms with Crippen LogP contribution in [0.3, 0.4) is 0 Å². The highest BCUT2D eigenvalue weighted by atomic mass is 35.5. The summed E-state index contributed by atoms with van der Waals surface area (Å²) in [5, 5.41) is 7.09. The van der Waals surface area contributed by atoms with Crippen molar-refractivity contribution in [2.24, 2.45) is 0 Å². The van der Waals surface area contributed by atoms with Crippen molar-refractivity contribution in [1.29, 1.82) is 0 Å². The third kappa shape index (κ3) is 2.05. The Kier molecular flexibility index (Phi) is 3.17. The number of nitrogens with one attached hydrogen (secondary N) is 1. The van der Waals surface area contributed by atoms with Crippen LogP contribution in [0, 0.1) is 5.82 Å². The SMILES string of the molecule is CNCc1ncnn1-c1ccc(Cl)c(F)c1. The molecular weight excluding hydrogens is 231 g/mol. The fourth-order valence-electron chi connectivity index (χ4n) is 1.38. The van der Waals surface area contributed by atoms with Crippen LogP contribution in [0.1, 0.15) is 5.82 Å². The molecule has 6 heteroatoms. The molecule has 84 valence electrons. The topological polar surface area (TPSA) is 42.7 Å². The molecule has 0 aliphatic carbocycles. The van der Waals surface area contributed by atoms with Gasteiger partial charge < -0.3 is 5.32 Å². The Morgan fingerprint density at radius 3 is 3.00 bits per heavy atom. The molecule has 16 heavy (non-hydrogen) atoms. The van der Waals surface area contributed by atoms with E-state index in [-0.39, 0.29) is 5.02 Å². The lowest BCUT2D eigenvalue weighted by atomic mass is 10.3. The van der Waals surface area contributed by atoms with E-state index in [1.807, 2.05) is 7.05 Å². The van der Waals surface area contributed by atoms with E-state index in [0.717, 1.165) is 0 Å². The average molecular weight is 241 g/mol. The van der Waals surface area contributed by atoms with E-state index in [4.69, 9.17) is 11.6 Å². The van der Waals surface area contributed by atoms with Crippen molar-refractivity contribution >= 4 is 11.6 Å². The number of hydrogen-bond acceptors (Lipinski definition) is 3. The van der Waals surface area contributed by atoms with Crippen LogP contribution < -0.4 is 5.32 Å². The van der Waals surface area contributed by atoms with E-state index >= 15 is 0 Å². The quantitative estimate of drug-likeness (QED) is 0.889. The third-order valence-electron chi connectivity index (χ3n) is 2.10. The van der Waals surface area contributed by atoms with Gasteiger partial charge in [-0.2, -0.15) is 5.10 Å². The molecule has 1 heterocycles. The Morgan fingerprint density at radius 2 is 2.31 bits per heavy atom. The first kappa shape index (κ1) is 11.0. The van der Waals surface area contributed by atoms with Crippen molar-refractivity contribution in [2.45, 2.75) is 6.54 Å². The maximum absolute atomic E-state index is 13.3. The monoisotopic (exact) mass is 240 g/mol. The molecule has 2 aromatic rings. The largest absolute Gasteiger partial charge is 0.313 e. The lowest BCUT2D eigenvalue weighted by molar-refractivity contribution is 0.624. The van der Waals surface area contributed by atoms with E-state index < -0.39 is 5.82 Å². The van der Waals surface area contributed by atoms with Crippen molar-refractivity contribution < 1.29 is 4.39 Å². The summed E-state index contributed by atoms with van der Waals surface area (Å²) in [6.07, 6.45) is 1.43. The smallest absolute Gasteiger partial charge is 0.146 e. The molecular formula is C10H10ClFN4. The Hall–Kier alpha value is -1.46. The van der Waals surface area contributed by atoms with Gasteiger partial charge in [0.25, 0.3) is 0 Å². The summed E-state index contributed by atoms with van der Waals surface area (Å²) in [4.78, 5) is 4.07. The minimum absolute atomic E-state index is 0.0963. The number of hydrogen-bond donors (Lipinski definition) is 1. The fraction of sp³-hybridized carbons (Fsp3) is 0.200. The molecule has 0 bridgehead atoms. The van der Waals surface area contributed by atoms with E-state index in [1.165, 1.54) is 18.5 Å². The highest BCUT2D eigenvalue weighted by molar-refractivity contribution is 6.30. The lowest BCUT2D eigenvalue weighted by Crippen LogP contribution is -2.12. The van der Waals surface area contributed by atoms with Gasteiger partial charge in [-0.25, -0.2) is 14.1 Å². The zero-order valence-electron chi connectivity index (χ0n) is 8.61. The Bertz CT molecular complexity index is 497. The third-order valence-corrected chi connectivity index (χ3v) is 2.41. The fourth-order valence-corrected chi connectivity index (χ4v) is 1.49. The molecule has 1 N–H and O–H groups in total. The molecule has 0 unspecified atom stereocenters. The molecule has 0 spiro atoms. The first-order valence-electron chi connectivity index (χ1n) is 4.71. The summed E-state index contributed by atoms with van der Waals surface area (Å²) < 4.78 is 14.8. The van der Waals surface area contributed by atoms with Gasteiger partial charge in [0.1, 0.15) is 18.0 Å². The van der Waals surface area contributed by atoms with Gasteiger partial charge in [-0.1, -0.05) is 11.6 Å². The van der Waals surface area contributed by atoms with Crippen LogP contribution in [-0.2, 0) is 6.54 Å². The van der Waals surface area contributed by atoms with E-state index in [0.29, 0.717) is 18.1 Å². The average Bonchev–Trinajstić information content (AvgIpc) is 2.71. The van der Waals surface area contributed by atoms with Gasteiger partial charge >= 0.3 is 0 Å².